The molecule has 0 atom stereocenters. The lowest BCUT2D eigenvalue weighted by Crippen LogP contribution is -2.01. The maximum Gasteiger partial charge on any atom is 0.128 e. The van der Waals surface area contributed by atoms with Gasteiger partial charge in [0.2, 0.25) is 0 Å². The SMILES string of the molecule is COc1ccccc1-c1cc(N)n(-c2ccncc2)n1. The van der Waals surface area contributed by atoms with Crippen molar-refractivity contribution in [1.29, 1.82) is 0 Å². The van der Waals surface area contributed by atoms with Crippen LogP contribution < -0.4 is 10.5 Å². The molecule has 1 aromatic carbocycles. The first-order chi connectivity index (χ1) is 9.79. The van der Waals surface area contributed by atoms with Gasteiger partial charge in [-0.25, -0.2) is 4.68 Å². The topological polar surface area (TPSA) is 66.0 Å². The van der Waals surface area contributed by atoms with Crippen molar-refractivity contribution in [3.05, 3.63) is 54.9 Å². The number of benzene rings is 1. The van der Waals surface area contributed by atoms with Gasteiger partial charge in [-0.1, -0.05) is 12.1 Å². The monoisotopic (exact) mass is 266 g/mol. The summed E-state index contributed by atoms with van der Waals surface area (Å²) in [5.41, 5.74) is 8.60. The Morgan fingerprint density at radius 3 is 2.60 bits per heavy atom. The van der Waals surface area contributed by atoms with Gasteiger partial charge in [-0.15, -0.1) is 0 Å². The van der Waals surface area contributed by atoms with E-state index >= 15 is 0 Å². The number of nitrogen functional groups attached to an aromatic ring is 1. The molecule has 0 fully saturated rings. The highest BCUT2D eigenvalue weighted by Gasteiger charge is 2.12. The Morgan fingerprint density at radius 2 is 1.85 bits per heavy atom. The summed E-state index contributed by atoms with van der Waals surface area (Å²) in [5.74, 6) is 1.34. The summed E-state index contributed by atoms with van der Waals surface area (Å²) in [6.07, 6.45) is 3.42. The Balaban J connectivity index is 2.09. The van der Waals surface area contributed by atoms with Crippen LogP contribution in [0.15, 0.2) is 54.9 Å². The molecule has 0 aliphatic carbocycles. The van der Waals surface area contributed by atoms with Crippen molar-refractivity contribution in [2.45, 2.75) is 0 Å². The summed E-state index contributed by atoms with van der Waals surface area (Å²) < 4.78 is 7.04. The van der Waals surface area contributed by atoms with Crippen LogP contribution in [0.2, 0.25) is 0 Å². The number of nitrogens with zero attached hydrogens (tertiary/aromatic N) is 3. The van der Waals surface area contributed by atoms with Crippen molar-refractivity contribution in [2.75, 3.05) is 12.8 Å². The molecule has 0 saturated heterocycles. The number of pyridine rings is 1. The van der Waals surface area contributed by atoms with Gasteiger partial charge >= 0.3 is 0 Å². The van der Waals surface area contributed by atoms with Gasteiger partial charge in [-0.3, -0.25) is 4.98 Å². The first-order valence-corrected chi connectivity index (χ1v) is 6.19. The van der Waals surface area contributed by atoms with Crippen molar-refractivity contribution in [3.8, 4) is 22.7 Å². The molecule has 20 heavy (non-hydrogen) atoms. The van der Waals surface area contributed by atoms with E-state index in [1.165, 1.54) is 0 Å². The first-order valence-electron chi connectivity index (χ1n) is 6.19. The van der Waals surface area contributed by atoms with E-state index in [4.69, 9.17) is 10.5 Å². The number of aromatic nitrogens is 3. The lowest BCUT2D eigenvalue weighted by molar-refractivity contribution is 0.416. The third-order valence-electron chi connectivity index (χ3n) is 3.03. The van der Waals surface area contributed by atoms with Crippen LogP contribution in [0.25, 0.3) is 16.9 Å². The second-order valence-electron chi connectivity index (χ2n) is 4.27. The van der Waals surface area contributed by atoms with Gasteiger partial charge < -0.3 is 10.5 Å². The smallest absolute Gasteiger partial charge is 0.128 e. The van der Waals surface area contributed by atoms with Gasteiger partial charge in [0, 0.05) is 24.0 Å². The zero-order valence-corrected chi connectivity index (χ0v) is 11.0. The highest BCUT2D eigenvalue weighted by Crippen LogP contribution is 2.30. The summed E-state index contributed by atoms with van der Waals surface area (Å²) in [7, 11) is 1.64. The predicted molar refractivity (Wildman–Crippen MR) is 77.8 cm³/mol. The van der Waals surface area contributed by atoms with Crippen LogP contribution in [-0.2, 0) is 0 Å². The average molecular weight is 266 g/mol. The Kier molecular flexibility index (Phi) is 3.09. The fourth-order valence-corrected chi connectivity index (χ4v) is 2.08. The molecule has 0 radical (unpaired) electrons. The van der Waals surface area contributed by atoms with Crippen LogP contribution >= 0.6 is 0 Å². The third kappa shape index (κ3) is 2.09. The fourth-order valence-electron chi connectivity index (χ4n) is 2.08. The number of anilines is 1. The largest absolute Gasteiger partial charge is 0.496 e. The van der Waals surface area contributed by atoms with Gasteiger partial charge in [0.05, 0.1) is 18.5 Å². The highest BCUT2D eigenvalue weighted by atomic mass is 16.5. The molecular weight excluding hydrogens is 252 g/mol. The van der Waals surface area contributed by atoms with E-state index in [2.05, 4.69) is 10.1 Å². The van der Waals surface area contributed by atoms with E-state index in [9.17, 15) is 0 Å². The molecule has 0 saturated carbocycles. The Bertz CT molecular complexity index is 722. The normalized spacial score (nSPS) is 10.4. The summed E-state index contributed by atoms with van der Waals surface area (Å²) in [6.45, 7) is 0. The second-order valence-corrected chi connectivity index (χ2v) is 4.27. The van der Waals surface area contributed by atoms with Gasteiger partial charge in [-0.05, 0) is 24.3 Å². The van der Waals surface area contributed by atoms with Crippen molar-refractivity contribution >= 4 is 5.82 Å². The molecule has 0 aliphatic heterocycles. The first kappa shape index (κ1) is 12.2. The van der Waals surface area contributed by atoms with E-state index in [0.29, 0.717) is 5.82 Å². The lowest BCUT2D eigenvalue weighted by Gasteiger charge is -2.05. The molecule has 0 unspecified atom stereocenters. The predicted octanol–water partition coefficient (Wildman–Crippen LogP) is 2.53. The standard InChI is InChI=1S/C15H14N4O/c1-20-14-5-3-2-4-12(14)13-10-15(16)19(18-13)11-6-8-17-9-7-11/h2-10H,16H2,1H3. The second kappa shape index (κ2) is 5.05. The van der Waals surface area contributed by atoms with Crippen molar-refractivity contribution in [1.82, 2.24) is 14.8 Å². The number of methoxy groups -OCH3 is 1. The number of hydrogen-bond acceptors (Lipinski definition) is 4. The third-order valence-corrected chi connectivity index (χ3v) is 3.03. The van der Waals surface area contributed by atoms with E-state index in [1.807, 2.05) is 42.5 Å². The van der Waals surface area contributed by atoms with E-state index in [-0.39, 0.29) is 0 Å². The molecule has 0 amide bonds. The minimum absolute atomic E-state index is 0.567. The molecule has 3 aromatic rings. The summed E-state index contributed by atoms with van der Waals surface area (Å²) >= 11 is 0. The number of nitrogens with two attached hydrogens (primary N) is 1. The molecule has 3 rings (SSSR count). The molecule has 0 spiro atoms. The summed E-state index contributed by atoms with van der Waals surface area (Å²) in [5, 5.41) is 4.54. The van der Waals surface area contributed by atoms with E-state index in [1.54, 1.807) is 24.2 Å². The summed E-state index contributed by atoms with van der Waals surface area (Å²) in [6, 6.07) is 13.3. The molecule has 5 heteroatoms. The number of ether oxygens (including phenoxy) is 1. The Morgan fingerprint density at radius 1 is 1.10 bits per heavy atom. The molecule has 2 aromatic heterocycles. The van der Waals surface area contributed by atoms with Crippen LogP contribution in [0.4, 0.5) is 5.82 Å². The molecule has 0 bridgehead atoms. The maximum absolute atomic E-state index is 6.04. The number of para-hydroxylation sites is 1. The van der Waals surface area contributed by atoms with Crippen LogP contribution in [0.1, 0.15) is 0 Å². The molecular formula is C15H14N4O. The van der Waals surface area contributed by atoms with Gasteiger partial charge in [0.25, 0.3) is 0 Å². The van der Waals surface area contributed by atoms with E-state index in [0.717, 1.165) is 22.7 Å². The van der Waals surface area contributed by atoms with Gasteiger partial charge in [-0.2, -0.15) is 5.10 Å². The Hall–Kier alpha value is -2.82. The van der Waals surface area contributed by atoms with Crippen LogP contribution in [0.3, 0.4) is 0 Å². The minimum Gasteiger partial charge on any atom is -0.496 e. The maximum atomic E-state index is 6.04. The Labute approximate surface area is 116 Å². The minimum atomic E-state index is 0.567. The quantitative estimate of drug-likeness (QED) is 0.791. The molecule has 2 heterocycles. The van der Waals surface area contributed by atoms with Crippen LogP contribution in [0.5, 0.6) is 5.75 Å². The van der Waals surface area contributed by atoms with Crippen molar-refractivity contribution < 1.29 is 4.74 Å². The van der Waals surface area contributed by atoms with Gasteiger partial charge in [0.1, 0.15) is 11.6 Å². The van der Waals surface area contributed by atoms with Gasteiger partial charge in [0.15, 0.2) is 0 Å². The molecule has 5 nitrogen and oxygen atoms in total. The average Bonchev–Trinajstić information content (AvgIpc) is 2.90. The number of hydrogen-bond donors (Lipinski definition) is 1. The fraction of sp³-hybridized carbons (Fsp3) is 0.0667. The van der Waals surface area contributed by atoms with Crippen LogP contribution in [0, 0.1) is 0 Å². The molecule has 2 N–H and O–H groups in total. The van der Waals surface area contributed by atoms with Crippen molar-refractivity contribution in [3.63, 3.8) is 0 Å². The highest BCUT2D eigenvalue weighted by molar-refractivity contribution is 5.69. The van der Waals surface area contributed by atoms with Crippen molar-refractivity contribution in [2.24, 2.45) is 0 Å². The zero-order chi connectivity index (χ0) is 13.9. The number of rotatable bonds is 3. The molecule has 100 valence electrons. The zero-order valence-electron chi connectivity index (χ0n) is 11.0. The summed E-state index contributed by atoms with van der Waals surface area (Å²) in [4.78, 5) is 3.99. The lowest BCUT2D eigenvalue weighted by atomic mass is 10.1. The molecule has 0 aliphatic rings. The van der Waals surface area contributed by atoms with Crippen LogP contribution in [-0.4, -0.2) is 21.9 Å². The van der Waals surface area contributed by atoms with E-state index < -0.39 is 0 Å².